The molecule has 0 aromatic carbocycles. The van der Waals surface area contributed by atoms with Gasteiger partial charge in [0, 0.05) is 26.1 Å². The van der Waals surface area contributed by atoms with Gasteiger partial charge in [0.05, 0.1) is 6.04 Å². The average Bonchev–Trinajstić information content (AvgIpc) is 3.21. The summed E-state index contributed by atoms with van der Waals surface area (Å²) in [6.45, 7) is 1.29. The van der Waals surface area contributed by atoms with Crippen molar-refractivity contribution >= 4 is 23.5 Å². The normalized spacial score (nSPS) is 25.6. The fraction of sp³-hybridized carbons (Fsp3) is 0.810. The number of rotatable bonds is 10. The summed E-state index contributed by atoms with van der Waals surface area (Å²) < 4.78 is 46.2. The van der Waals surface area contributed by atoms with E-state index in [9.17, 15) is 32.3 Å². The van der Waals surface area contributed by atoms with Crippen LogP contribution in [0.3, 0.4) is 0 Å². The lowest BCUT2D eigenvalue weighted by molar-refractivity contribution is -0.321. The van der Waals surface area contributed by atoms with Crippen LogP contribution in [0, 0.1) is 11.3 Å². The van der Waals surface area contributed by atoms with Crippen LogP contribution in [-0.4, -0.2) is 79.8 Å². The number of amides is 3. The van der Waals surface area contributed by atoms with Crippen molar-refractivity contribution in [3.63, 3.8) is 0 Å². The van der Waals surface area contributed by atoms with E-state index in [-0.39, 0.29) is 23.7 Å². The summed E-state index contributed by atoms with van der Waals surface area (Å²) in [5.74, 6) is -2.87. The van der Waals surface area contributed by atoms with Gasteiger partial charge in [-0.1, -0.05) is 6.92 Å². The standard InChI is InChI=1S/C21H30F3N3O6/c1-3-16(32-2)19(31)27-11-20(5-6-20)9-14(27)18(30)26-13(8-12-4-7-25-17(12)29)15(28)10-33-21(22,23)24/h12-14,16H,3-11H2,1-2H3,(H,25,29)(H,26,30)/t12-,13-,14-,16?/m0/s1. The number of halogens is 3. The molecule has 0 aromatic heterocycles. The molecular formula is C21H30F3N3O6. The molecule has 1 saturated carbocycles. The first-order chi connectivity index (χ1) is 15.5. The fourth-order valence-corrected chi connectivity index (χ4v) is 4.64. The maximum atomic E-state index is 13.2. The van der Waals surface area contributed by atoms with Crippen molar-refractivity contribution in [1.29, 1.82) is 0 Å². The molecule has 1 spiro atoms. The zero-order valence-electron chi connectivity index (χ0n) is 18.7. The monoisotopic (exact) mass is 477 g/mol. The SMILES string of the molecule is CCC(OC)C(=O)N1CC2(CC2)C[C@H]1C(=O)N[C@@H](C[C@@H]1CCNC1=O)C(=O)COC(F)(F)F. The minimum Gasteiger partial charge on any atom is -0.372 e. The smallest absolute Gasteiger partial charge is 0.372 e. The van der Waals surface area contributed by atoms with Crippen molar-refractivity contribution in [3.8, 4) is 0 Å². The van der Waals surface area contributed by atoms with Crippen LogP contribution >= 0.6 is 0 Å². The molecule has 33 heavy (non-hydrogen) atoms. The third-order valence-electron chi connectivity index (χ3n) is 6.75. The summed E-state index contributed by atoms with van der Waals surface area (Å²) in [6, 6.07) is -2.20. The molecule has 2 N–H and O–H groups in total. The maximum Gasteiger partial charge on any atom is 0.522 e. The van der Waals surface area contributed by atoms with Gasteiger partial charge >= 0.3 is 6.36 Å². The molecule has 1 aliphatic carbocycles. The Morgan fingerprint density at radius 1 is 1.30 bits per heavy atom. The van der Waals surface area contributed by atoms with Crippen molar-refractivity contribution in [2.75, 3.05) is 26.8 Å². The molecular weight excluding hydrogens is 447 g/mol. The van der Waals surface area contributed by atoms with E-state index in [1.807, 2.05) is 0 Å². The lowest BCUT2D eigenvalue weighted by Crippen LogP contribution is -2.53. The van der Waals surface area contributed by atoms with Crippen LogP contribution in [0.1, 0.15) is 45.4 Å². The Balaban J connectivity index is 1.74. The van der Waals surface area contributed by atoms with Crippen LogP contribution in [0.5, 0.6) is 0 Å². The van der Waals surface area contributed by atoms with Gasteiger partial charge in [-0.2, -0.15) is 0 Å². The van der Waals surface area contributed by atoms with Crippen LogP contribution in [0.25, 0.3) is 0 Å². The molecule has 186 valence electrons. The van der Waals surface area contributed by atoms with Gasteiger partial charge in [-0.25, -0.2) is 0 Å². The number of alkyl halides is 3. The lowest BCUT2D eigenvalue weighted by Gasteiger charge is -2.29. The van der Waals surface area contributed by atoms with E-state index in [1.165, 1.54) is 12.0 Å². The highest BCUT2D eigenvalue weighted by Gasteiger charge is 2.56. The van der Waals surface area contributed by atoms with E-state index in [0.717, 1.165) is 12.8 Å². The van der Waals surface area contributed by atoms with Gasteiger partial charge < -0.3 is 20.3 Å². The molecule has 3 fully saturated rings. The molecule has 3 rings (SSSR count). The Hall–Kier alpha value is -2.21. The molecule has 3 aliphatic rings. The van der Waals surface area contributed by atoms with Crippen molar-refractivity contribution in [3.05, 3.63) is 0 Å². The van der Waals surface area contributed by atoms with Crippen LogP contribution < -0.4 is 10.6 Å². The average molecular weight is 477 g/mol. The number of likely N-dealkylation sites (tertiary alicyclic amines) is 1. The van der Waals surface area contributed by atoms with Gasteiger partial charge in [-0.05, 0) is 43.9 Å². The second-order valence-corrected chi connectivity index (χ2v) is 9.09. The maximum absolute atomic E-state index is 13.2. The molecule has 2 aliphatic heterocycles. The Labute approximate surface area is 189 Å². The molecule has 3 amide bonds. The van der Waals surface area contributed by atoms with Gasteiger partial charge in [0.15, 0.2) is 5.78 Å². The van der Waals surface area contributed by atoms with Crippen LogP contribution in [0.2, 0.25) is 0 Å². The summed E-state index contributed by atoms with van der Waals surface area (Å²) in [4.78, 5) is 52.1. The van der Waals surface area contributed by atoms with Crippen LogP contribution in [0.4, 0.5) is 13.2 Å². The first-order valence-corrected chi connectivity index (χ1v) is 11.1. The van der Waals surface area contributed by atoms with Crippen LogP contribution in [-0.2, 0) is 28.7 Å². The number of nitrogens with one attached hydrogen (secondary N) is 2. The number of carbonyl (C=O) groups excluding carboxylic acids is 4. The summed E-state index contributed by atoms with van der Waals surface area (Å²) in [5.41, 5.74) is -0.145. The Bertz CT molecular complexity index is 782. The minimum atomic E-state index is -5.00. The van der Waals surface area contributed by atoms with E-state index >= 15 is 0 Å². The first-order valence-electron chi connectivity index (χ1n) is 11.1. The van der Waals surface area contributed by atoms with Gasteiger partial charge in [-0.15, -0.1) is 13.2 Å². The quantitative estimate of drug-likeness (QED) is 0.484. The molecule has 1 unspecified atom stereocenters. The van der Waals surface area contributed by atoms with E-state index in [0.29, 0.717) is 32.4 Å². The summed E-state index contributed by atoms with van der Waals surface area (Å²) in [6.07, 6.45) is -2.89. The molecule has 9 nitrogen and oxygen atoms in total. The number of methoxy groups -OCH3 is 1. The first kappa shape index (κ1) is 25.4. The highest BCUT2D eigenvalue weighted by atomic mass is 19.4. The van der Waals surface area contributed by atoms with E-state index in [4.69, 9.17) is 4.74 Å². The number of carbonyl (C=O) groups is 4. The third-order valence-corrected chi connectivity index (χ3v) is 6.75. The van der Waals surface area contributed by atoms with Crippen molar-refractivity contribution in [2.24, 2.45) is 11.3 Å². The highest BCUT2D eigenvalue weighted by molar-refractivity contribution is 5.95. The van der Waals surface area contributed by atoms with E-state index in [1.54, 1.807) is 6.92 Å². The second kappa shape index (κ2) is 9.96. The summed E-state index contributed by atoms with van der Waals surface area (Å²) in [7, 11) is 1.41. The number of ketones is 1. The van der Waals surface area contributed by atoms with E-state index in [2.05, 4.69) is 15.4 Å². The van der Waals surface area contributed by atoms with Gasteiger partial charge in [0.2, 0.25) is 11.8 Å². The largest absolute Gasteiger partial charge is 0.522 e. The van der Waals surface area contributed by atoms with Crippen molar-refractivity contribution in [2.45, 2.75) is 70.0 Å². The van der Waals surface area contributed by atoms with Gasteiger partial charge in [-0.3, -0.25) is 23.9 Å². The second-order valence-electron chi connectivity index (χ2n) is 9.09. The predicted molar refractivity (Wildman–Crippen MR) is 108 cm³/mol. The third kappa shape index (κ3) is 6.23. The number of Topliss-reactive ketones (excluding diaryl/α,β-unsaturated/α-hetero) is 1. The van der Waals surface area contributed by atoms with Crippen LogP contribution in [0.15, 0.2) is 0 Å². The topological polar surface area (TPSA) is 114 Å². The summed E-state index contributed by atoms with van der Waals surface area (Å²) in [5, 5.41) is 5.12. The number of hydrogen-bond donors (Lipinski definition) is 2. The van der Waals surface area contributed by atoms with Gasteiger partial charge in [0.1, 0.15) is 18.8 Å². The lowest BCUT2D eigenvalue weighted by atomic mass is 9.95. The molecule has 2 saturated heterocycles. The number of hydrogen-bond acceptors (Lipinski definition) is 6. The molecule has 0 bridgehead atoms. The summed E-state index contributed by atoms with van der Waals surface area (Å²) >= 11 is 0. The Morgan fingerprint density at radius 2 is 2.00 bits per heavy atom. The van der Waals surface area contributed by atoms with E-state index < -0.39 is 48.8 Å². The zero-order valence-corrected chi connectivity index (χ0v) is 18.7. The van der Waals surface area contributed by atoms with Crippen molar-refractivity contribution < 1.29 is 41.8 Å². The number of ether oxygens (including phenoxy) is 2. The molecule has 0 aromatic rings. The Morgan fingerprint density at radius 3 is 2.52 bits per heavy atom. The molecule has 2 heterocycles. The molecule has 4 atom stereocenters. The Kier molecular flexibility index (Phi) is 7.67. The fourth-order valence-electron chi connectivity index (χ4n) is 4.64. The zero-order chi connectivity index (χ0) is 24.4. The number of nitrogens with zero attached hydrogens (tertiary/aromatic N) is 1. The van der Waals surface area contributed by atoms with Crippen molar-refractivity contribution in [1.82, 2.24) is 15.5 Å². The minimum absolute atomic E-state index is 0.140. The predicted octanol–water partition coefficient (Wildman–Crippen LogP) is 0.909. The van der Waals surface area contributed by atoms with Gasteiger partial charge in [0.25, 0.3) is 5.91 Å². The highest BCUT2D eigenvalue weighted by Crippen LogP contribution is 2.55. The molecule has 12 heteroatoms. The molecule has 0 radical (unpaired) electrons.